The van der Waals surface area contributed by atoms with Crippen LogP contribution >= 0.6 is 0 Å². The Morgan fingerprint density at radius 2 is 1.83 bits per heavy atom. The zero-order valence-corrected chi connectivity index (χ0v) is 21.1. The van der Waals surface area contributed by atoms with Crippen LogP contribution in [0.5, 0.6) is 0 Å². The van der Waals surface area contributed by atoms with E-state index in [0.29, 0.717) is 49.3 Å². The molecule has 0 unspecified atom stereocenters. The molecule has 0 radical (unpaired) electrons. The van der Waals surface area contributed by atoms with E-state index in [1.165, 1.54) is 5.56 Å². The monoisotopic (exact) mass is 484 g/mol. The zero-order chi connectivity index (χ0) is 25.2. The molecule has 7 nitrogen and oxygen atoms in total. The van der Waals surface area contributed by atoms with Gasteiger partial charge in [-0.25, -0.2) is 9.97 Å². The van der Waals surface area contributed by atoms with Crippen LogP contribution < -0.4 is 4.90 Å². The summed E-state index contributed by atoms with van der Waals surface area (Å²) in [6, 6.07) is 15.9. The van der Waals surface area contributed by atoms with E-state index in [-0.39, 0.29) is 17.9 Å². The van der Waals surface area contributed by atoms with Gasteiger partial charge in [0.05, 0.1) is 13.0 Å². The van der Waals surface area contributed by atoms with Crippen molar-refractivity contribution >= 4 is 17.6 Å². The largest absolute Gasteiger partial charge is 0.381 e. The number of anilines is 1. The van der Waals surface area contributed by atoms with Crippen LogP contribution in [-0.2, 0) is 22.5 Å². The third kappa shape index (κ3) is 4.75. The molecule has 7 heteroatoms. The number of hydrogen-bond donors (Lipinski definition) is 0. The number of carbonyl (C=O) groups is 2. The minimum Gasteiger partial charge on any atom is -0.381 e. The summed E-state index contributed by atoms with van der Waals surface area (Å²) in [6.45, 7) is 6.09. The fourth-order valence-electron chi connectivity index (χ4n) is 5.01. The van der Waals surface area contributed by atoms with Crippen molar-refractivity contribution in [1.82, 2.24) is 14.9 Å². The van der Waals surface area contributed by atoms with Crippen LogP contribution in [0.3, 0.4) is 0 Å². The first-order valence-corrected chi connectivity index (χ1v) is 12.6. The lowest BCUT2D eigenvalue weighted by molar-refractivity contribution is -0.117. The predicted octanol–water partition coefficient (Wildman–Crippen LogP) is 4.61. The van der Waals surface area contributed by atoms with Gasteiger partial charge in [-0.1, -0.05) is 50.2 Å². The van der Waals surface area contributed by atoms with Gasteiger partial charge in [0.2, 0.25) is 5.91 Å². The highest BCUT2D eigenvalue weighted by Gasteiger charge is 2.30. The van der Waals surface area contributed by atoms with Gasteiger partial charge in [0, 0.05) is 49.2 Å². The number of ether oxygens (including phenoxy) is 1. The highest BCUT2D eigenvalue weighted by Crippen LogP contribution is 2.32. The molecule has 36 heavy (non-hydrogen) atoms. The molecule has 1 aromatic heterocycles. The molecule has 186 valence electrons. The molecular formula is C29H32N4O3. The van der Waals surface area contributed by atoms with Crippen LogP contribution in [0, 0.1) is 0 Å². The second kappa shape index (κ2) is 10.2. The third-order valence-corrected chi connectivity index (χ3v) is 7.16. The average Bonchev–Trinajstić information content (AvgIpc) is 3.22. The van der Waals surface area contributed by atoms with Crippen molar-refractivity contribution < 1.29 is 14.3 Å². The molecule has 0 aliphatic carbocycles. The van der Waals surface area contributed by atoms with Gasteiger partial charge in [-0.2, -0.15) is 0 Å². The van der Waals surface area contributed by atoms with Crippen LogP contribution in [0.4, 0.5) is 5.82 Å². The summed E-state index contributed by atoms with van der Waals surface area (Å²) in [6.07, 6.45) is 3.80. The molecule has 2 aliphatic rings. The number of hydrogen-bond acceptors (Lipinski definition) is 5. The van der Waals surface area contributed by atoms with Crippen molar-refractivity contribution in [1.29, 1.82) is 0 Å². The standard InChI is InChI=1S/C29H32N4O3/c1-19(2)24-6-4-5-7-25(24)27-30-17-22-16-26(34)33(28(22)31-27)18-20-8-10-21(11-9-20)29(35)32(3)23-12-14-36-15-13-23/h4-11,17,19,23H,12-16,18H2,1-3H3. The lowest BCUT2D eigenvalue weighted by Gasteiger charge is -2.31. The number of carbonyl (C=O) groups excluding carboxylic acids is 2. The smallest absolute Gasteiger partial charge is 0.253 e. The van der Waals surface area contributed by atoms with Crippen LogP contribution in [-0.4, -0.2) is 53.0 Å². The van der Waals surface area contributed by atoms with Crippen molar-refractivity contribution in [2.75, 3.05) is 25.2 Å². The van der Waals surface area contributed by atoms with E-state index in [1.807, 2.05) is 54.4 Å². The summed E-state index contributed by atoms with van der Waals surface area (Å²) in [5.41, 5.74) is 4.61. The molecule has 0 N–H and O–H groups in total. The molecule has 0 bridgehead atoms. The number of rotatable bonds is 6. The number of amides is 2. The molecule has 5 rings (SSSR count). The number of nitrogens with zero attached hydrogens (tertiary/aromatic N) is 4. The van der Waals surface area contributed by atoms with Gasteiger partial charge in [-0.3, -0.25) is 14.5 Å². The number of benzene rings is 2. The third-order valence-electron chi connectivity index (χ3n) is 7.16. The molecule has 3 heterocycles. The maximum atomic E-state index is 13.0. The van der Waals surface area contributed by atoms with Gasteiger partial charge < -0.3 is 9.64 Å². The molecular weight excluding hydrogens is 452 g/mol. The van der Waals surface area contributed by atoms with E-state index >= 15 is 0 Å². The molecule has 2 aromatic carbocycles. The van der Waals surface area contributed by atoms with Gasteiger partial charge in [0.15, 0.2) is 5.82 Å². The lowest BCUT2D eigenvalue weighted by atomic mass is 9.97. The summed E-state index contributed by atoms with van der Waals surface area (Å²) in [7, 11) is 1.86. The van der Waals surface area contributed by atoms with E-state index in [4.69, 9.17) is 9.72 Å². The van der Waals surface area contributed by atoms with E-state index < -0.39 is 0 Å². The van der Waals surface area contributed by atoms with E-state index in [1.54, 1.807) is 11.1 Å². The van der Waals surface area contributed by atoms with E-state index in [9.17, 15) is 9.59 Å². The maximum absolute atomic E-state index is 13.0. The molecule has 0 atom stereocenters. The Morgan fingerprint density at radius 1 is 1.11 bits per heavy atom. The normalized spacial score (nSPS) is 15.9. The van der Waals surface area contributed by atoms with Gasteiger partial charge in [-0.15, -0.1) is 0 Å². The summed E-state index contributed by atoms with van der Waals surface area (Å²) in [5, 5.41) is 0. The number of fused-ring (bicyclic) bond motifs is 1. The van der Waals surface area contributed by atoms with Crippen molar-refractivity contribution in [2.24, 2.45) is 0 Å². The van der Waals surface area contributed by atoms with Gasteiger partial charge in [0.25, 0.3) is 5.91 Å². The fraction of sp³-hybridized carbons (Fsp3) is 0.379. The maximum Gasteiger partial charge on any atom is 0.253 e. The molecule has 0 spiro atoms. The fourth-order valence-corrected chi connectivity index (χ4v) is 5.01. The van der Waals surface area contributed by atoms with Crippen molar-refractivity contribution in [3.63, 3.8) is 0 Å². The summed E-state index contributed by atoms with van der Waals surface area (Å²) < 4.78 is 5.42. The Balaban J connectivity index is 1.35. The molecule has 2 aliphatic heterocycles. The Morgan fingerprint density at radius 3 is 2.56 bits per heavy atom. The first-order chi connectivity index (χ1) is 17.4. The molecule has 1 fully saturated rings. The molecule has 0 saturated carbocycles. The first-order valence-electron chi connectivity index (χ1n) is 12.6. The van der Waals surface area contributed by atoms with Crippen LogP contribution in [0.1, 0.15) is 59.7 Å². The second-order valence-electron chi connectivity index (χ2n) is 9.90. The molecule has 1 saturated heterocycles. The van der Waals surface area contributed by atoms with E-state index in [0.717, 1.165) is 29.5 Å². The summed E-state index contributed by atoms with van der Waals surface area (Å²) in [5.74, 6) is 1.66. The van der Waals surface area contributed by atoms with Crippen molar-refractivity contribution in [3.8, 4) is 11.4 Å². The van der Waals surface area contributed by atoms with E-state index in [2.05, 4.69) is 24.9 Å². The highest BCUT2D eigenvalue weighted by molar-refractivity contribution is 6.00. The minimum absolute atomic E-state index is 0.00741. The average molecular weight is 485 g/mol. The van der Waals surface area contributed by atoms with Crippen molar-refractivity contribution in [2.45, 2.75) is 51.6 Å². The first kappa shape index (κ1) is 24.1. The van der Waals surface area contributed by atoms with Crippen LogP contribution in [0.25, 0.3) is 11.4 Å². The quantitative estimate of drug-likeness (QED) is 0.511. The second-order valence-corrected chi connectivity index (χ2v) is 9.90. The topological polar surface area (TPSA) is 75.6 Å². The summed E-state index contributed by atoms with van der Waals surface area (Å²) in [4.78, 5) is 38.8. The Hall–Kier alpha value is -3.58. The van der Waals surface area contributed by atoms with Gasteiger partial charge in [-0.05, 0) is 42.0 Å². The Labute approximate surface area is 212 Å². The Bertz CT molecular complexity index is 1270. The lowest BCUT2D eigenvalue weighted by Crippen LogP contribution is -2.40. The molecule has 2 amide bonds. The van der Waals surface area contributed by atoms with Crippen molar-refractivity contribution in [3.05, 3.63) is 77.0 Å². The minimum atomic E-state index is 0.00741. The van der Waals surface area contributed by atoms with Crippen LogP contribution in [0.2, 0.25) is 0 Å². The SMILES string of the molecule is CC(C)c1ccccc1-c1ncc2c(n1)N(Cc1ccc(C(=O)N(C)C3CCOCC3)cc1)C(=O)C2. The highest BCUT2D eigenvalue weighted by atomic mass is 16.5. The zero-order valence-electron chi connectivity index (χ0n) is 21.1. The molecule has 3 aromatic rings. The Kier molecular flexibility index (Phi) is 6.83. The van der Waals surface area contributed by atoms with Gasteiger partial charge >= 0.3 is 0 Å². The summed E-state index contributed by atoms with van der Waals surface area (Å²) >= 11 is 0. The van der Waals surface area contributed by atoms with Crippen LogP contribution in [0.15, 0.2) is 54.7 Å². The predicted molar refractivity (Wildman–Crippen MR) is 139 cm³/mol. The number of aromatic nitrogens is 2. The van der Waals surface area contributed by atoms with Gasteiger partial charge in [0.1, 0.15) is 5.82 Å².